The van der Waals surface area contributed by atoms with Gasteiger partial charge in [-0.05, 0) is 63.0 Å². The summed E-state index contributed by atoms with van der Waals surface area (Å²) in [7, 11) is -3.13. The van der Waals surface area contributed by atoms with Gasteiger partial charge in [-0.2, -0.15) is 0 Å². The Balaban J connectivity index is 0.955. The first kappa shape index (κ1) is 40.0. The van der Waals surface area contributed by atoms with E-state index in [4.69, 9.17) is 19.4 Å². The first-order chi connectivity index (χ1) is 33.1. The molecule has 0 aliphatic heterocycles. The van der Waals surface area contributed by atoms with Crippen molar-refractivity contribution in [2.24, 2.45) is 0 Å². The molecule has 12 rings (SSSR count). The van der Waals surface area contributed by atoms with Gasteiger partial charge >= 0.3 is 0 Å². The van der Waals surface area contributed by atoms with Crippen molar-refractivity contribution in [3.05, 3.63) is 243 Å². The van der Waals surface area contributed by atoms with Crippen LogP contribution in [0.25, 0.3) is 100 Å². The summed E-state index contributed by atoms with van der Waals surface area (Å²) < 4.78 is 22.0. The Hall–Kier alpha value is -8.50. The topological polar surface area (TPSA) is 68.9 Å². The molecule has 0 radical (unpaired) electrons. The van der Waals surface area contributed by atoms with Crippen molar-refractivity contribution in [2.75, 3.05) is 0 Å². The van der Waals surface area contributed by atoms with Crippen LogP contribution < -0.4 is 15.9 Å². The van der Waals surface area contributed by atoms with Crippen molar-refractivity contribution in [3.63, 3.8) is 0 Å². The standard InChI is InChI=1S/C61H40N3O2P/c65-67(48-26-9-3-10-27-48,49-28-11-4-12-29-49)50-36-34-41(35-37-50)54-40-55-57-51(32-17-33-56(57)66-58(55)53-31-14-13-30-52(53)54)46-24-15-22-44(38-46)45-23-16-25-47(39-45)61-63-59(42-18-5-1-6-19-42)62-60(64-61)43-20-7-2-8-21-43/h1-40H. The maximum atomic E-state index is 15.2. The third-order valence-electron chi connectivity index (χ3n) is 12.6. The van der Waals surface area contributed by atoms with Gasteiger partial charge in [-0.15, -0.1) is 0 Å². The first-order valence-electron chi connectivity index (χ1n) is 22.4. The van der Waals surface area contributed by atoms with Crippen LogP contribution in [0, 0.1) is 0 Å². The minimum Gasteiger partial charge on any atom is -0.455 e. The fourth-order valence-electron chi connectivity index (χ4n) is 9.34. The van der Waals surface area contributed by atoms with Crippen LogP contribution in [0.1, 0.15) is 0 Å². The molecule has 0 aliphatic carbocycles. The number of furan rings is 1. The average Bonchev–Trinajstić information content (AvgIpc) is 3.81. The van der Waals surface area contributed by atoms with Gasteiger partial charge < -0.3 is 8.98 Å². The van der Waals surface area contributed by atoms with E-state index < -0.39 is 7.14 Å². The molecular formula is C61H40N3O2P. The van der Waals surface area contributed by atoms with Crippen molar-refractivity contribution < 1.29 is 8.98 Å². The van der Waals surface area contributed by atoms with Gasteiger partial charge in [-0.1, -0.05) is 218 Å². The molecular weight excluding hydrogens is 838 g/mol. The van der Waals surface area contributed by atoms with Crippen molar-refractivity contribution in [1.82, 2.24) is 15.0 Å². The molecule has 0 amide bonds. The number of hydrogen-bond donors (Lipinski definition) is 0. The molecule has 316 valence electrons. The van der Waals surface area contributed by atoms with E-state index in [1.165, 1.54) is 0 Å². The molecule has 0 fully saturated rings. The van der Waals surface area contributed by atoms with E-state index in [1.54, 1.807) is 0 Å². The van der Waals surface area contributed by atoms with Crippen molar-refractivity contribution in [2.45, 2.75) is 0 Å². The van der Waals surface area contributed by atoms with Crippen LogP contribution in [-0.2, 0) is 4.57 Å². The molecule has 2 aromatic heterocycles. The summed E-state index contributed by atoms with van der Waals surface area (Å²) in [5.41, 5.74) is 10.8. The molecule has 0 saturated heterocycles. The zero-order valence-corrected chi connectivity index (χ0v) is 37.1. The molecule has 5 nitrogen and oxygen atoms in total. The van der Waals surface area contributed by atoms with Crippen LogP contribution in [0.4, 0.5) is 0 Å². The summed E-state index contributed by atoms with van der Waals surface area (Å²) >= 11 is 0. The fourth-order valence-corrected chi connectivity index (χ4v) is 12.0. The lowest BCUT2D eigenvalue weighted by molar-refractivity contribution is 0.592. The summed E-state index contributed by atoms with van der Waals surface area (Å²) in [4.78, 5) is 14.9. The van der Waals surface area contributed by atoms with Gasteiger partial charge in [0.2, 0.25) is 0 Å². The summed E-state index contributed by atoms with van der Waals surface area (Å²) in [6.45, 7) is 0. The van der Waals surface area contributed by atoms with E-state index in [2.05, 4.69) is 109 Å². The van der Waals surface area contributed by atoms with E-state index in [1.807, 2.05) is 133 Å². The minimum atomic E-state index is -3.13. The number of nitrogens with zero attached hydrogens (tertiary/aromatic N) is 3. The van der Waals surface area contributed by atoms with E-state index in [9.17, 15) is 0 Å². The van der Waals surface area contributed by atoms with Gasteiger partial charge in [0, 0.05) is 48.8 Å². The smallest absolute Gasteiger partial charge is 0.171 e. The lowest BCUT2D eigenvalue weighted by Gasteiger charge is -2.20. The van der Waals surface area contributed by atoms with E-state index >= 15 is 4.57 Å². The molecule has 6 heteroatoms. The fraction of sp³-hybridized carbons (Fsp3) is 0. The highest BCUT2D eigenvalue weighted by molar-refractivity contribution is 7.85. The minimum absolute atomic E-state index is 0.611. The van der Waals surface area contributed by atoms with Crippen LogP contribution in [0.2, 0.25) is 0 Å². The second-order valence-corrected chi connectivity index (χ2v) is 19.4. The van der Waals surface area contributed by atoms with Crippen molar-refractivity contribution in [3.8, 4) is 67.5 Å². The highest BCUT2D eigenvalue weighted by Gasteiger charge is 2.29. The molecule has 0 saturated carbocycles. The normalized spacial score (nSPS) is 11.6. The van der Waals surface area contributed by atoms with Crippen LogP contribution in [0.5, 0.6) is 0 Å². The lowest BCUT2D eigenvalue weighted by atomic mass is 9.92. The highest BCUT2D eigenvalue weighted by Crippen LogP contribution is 2.45. The summed E-state index contributed by atoms with van der Waals surface area (Å²) in [6, 6.07) is 82.2. The van der Waals surface area contributed by atoms with Gasteiger partial charge in [0.15, 0.2) is 24.6 Å². The summed E-state index contributed by atoms with van der Waals surface area (Å²) in [6.07, 6.45) is 0. The number of aromatic nitrogens is 3. The van der Waals surface area contributed by atoms with E-state index in [0.29, 0.717) is 17.5 Å². The molecule has 0 bridgehead atoms. The number of benzene rings is 10. The van der Waals surface area contributed by atoms with E-state index in [0.717, 1.165) is 98.7 Å². The SMILES string of the molecule is O=P(c1ccccc1)(c1ccccc1)c1ccc(-c2cc3c(oc4cccc(-c5cccc(-c6cccc(-c7nc(-c8ccccc8)nc(-c8ccccc8)n7)c6)c5)c43)c3ccccc23)cc1. The molecule has 10 aromatic carbocycles. The van der Waals surface area contributed by atoms with Crippen LogP contribution in [-0.4, -0.2) is 15.0 Å². The van der Waals surface area contributed by atoms with Gasteiger partial charge in [-0.3, -0.25) is 0 Å². The number of rotatable bonds is 9. The zero-order chi connectivity index (χ0) is 44.7. The van der Waals surface area contributed by atoms with Crippen molar-refractivity contribution >= 4 is 55.8 Å². The third-order valence-corrected chi connectivity index (χ3v) is 15.7. The zero-order valence-electron chi connectivity index (χ0n) is 36.2. The average molecular weight is 878 g/mol. The molecule has 0 atom stereocenters. The molecule has 2 heterocycles. The number of hydrogen-bond acceptors (Lipinski definition) is 5. The molecule has 0 N–H and O–H groups in total. The maximum Gasteiger partial charge on any atom is 0.171 e. The number of fused-ring (bicyclic) bond motifs is 5. The Morgan fingerprint density at radius 2 is 0.761 bits per heavy atom. The van der Waals surface area contributed by atoms with Crippen LogP contribution in [0.3, 0.4) is 0 Å². The lowest BCUT2D eigenvalue weighted by Crippen LogP contribution is -2.24. The predicted octanol–water partition coefficient (Wildman–Crippen LogP) is 14.6. The molecule has 0 aliphatic rings. The first-order valence-corrected chi connectivity index (χ1v) is 24.1. The second kappa shape index (κ2) is 16.8. The predicted molar refractivity (Wildman–Crippen MR) is 277 cm³/mol. The summed E-state index contributed by atoms with van der Waals surface area (Å²) in [5.74, 6) is 1.86. The van der Waals surface area contributed by atoms with Gasteiger partial charge in [0.25, 0.3) is 0 Å². The van der Waals surface area contributed by atoms with Crippen LogP contribution in [0.15, 0.2) is 247 Å². The largest absolute Gasteiger partial charge is 0.455 e. The van der Waals surface area contributed by atoms with Crippen LogP contribution >= 0.6 is 7.14 Å². The Kier molecular flexibility index (Phi) is 10.0. The Labute approximate surface area is 388 Å². The molecule has 0 spiro atoms. The van der Waals surface area contributed by atoms with Gasteiger partial charge in [0.05, 0.1) is 0 Å². The highest BCUT2D eigenvalue weighted by atomic mass is 31.2. The third kappa shape index (κ3) is 7.23. The second-order valence-electron chi connectivity index (χ2n) is 16.7. The monoisotopic (exact) mass is 877 g/mol. The Morgan fingerprint density at radius 1 is 0.313 bits per heavy atom. The summed E-state index contributed by atoms with van der Waals surface area (Å²) in [5, 5.41) is 6.63. The van der Waals surface area contributed by atoms with Gasteiger partial charge in [0.1, 0.15) is 11.2 Å². The Bertz CT molecular complexity index is 3720. The van der Waals surface area contributed by atoms with E-state index in [-0.39, 0.29) is 0 Å². The Morgan fingerprint density at radius 3 is 1.36 bits per heavy atom. The molecule has 12 aromatic rings. The maximum absolute atomic E-state index is 15.2. The molecule has 0 unspecified atom stereocenters. The van der Waals surface area contributed by atoms with Gasteiger partial charge in [-0.25, -0.2) is 15.0 Å². The molecule has 67 heavy (non-hydrogen) atoms. The van der Waals surface area contributed by atoms with Crippen molar-refractivity contribution in [1.29, 1.82) is 0 Å². The quantitative estimate of drug-likeness (QED) is 0.135.